The second-order valence-electron chi connectivity index (χ2n) is 2.18. The fraction of sp³-hybridized carbons (Fsp3) is 1.00. The Labute approximate surface area is 54.1 Å². The summed E-state index contributed by atoms with van der Waals surface area (Å²) in [6.45, 7) is 3.00. The molecule has 4 heteroatoms. The highest BCUT2D eigenvalue weighted by atomic mass is 16.5. The van der Waals surface area contributed by atoms with Crippen molar-refractivity contribution < 1.29 is 15.4 Å². The van der Waals surface area contributed by atoms with Gasteiger partial charge in [0.25, 0.3) is 0 Å². The van der Waals surface area contributed by atoms with E-state index in [1.54, 1.807) is 12.4 Å². The Morgan fingerprint density at radius 3 is 2.22 bits per heavy atom. The third-order valence-electron chi connectivity index (χ3n) is 1.26. The van der Waals surface area contributed by atoms with Crippen LogP contribution < -0.4 is 5.48 Å². The summed E-state index contributed by atoms with van der Waals surface area (Å²) in [6.07, 6.45) is -0.553. The fourth-order valence-electron chi connectivity index (χ4n) is 0.472. The van der Waals surface area contributed by atoms with Crippen molar-refractivity contribution in [3.8, 4) is 0 Å². The van der Waals surface area contributed by atoms with Crippen LogP contribution in [0.4, 0.5) is 0 Å². The molecule has 0 rings (SSSR count). The Kier molecular flexibility index (Phi) is 3.07. The number of aliphatic hydroxyl groups is 2. The lowest BCUT2D eigenvalue weighted by Crippen LogP contribution is -2.50. The molecule has 0 saturated heterocycles. The van der Waals surface area contributed by atoms with Crippen LogP contribution >= 0.6 is 0 Å². The fourth-order valence-corrected chi connectivity index (χ4v) is 0.472. The Bertz CT molecular complexity index is 84.3. The topological polar surface area (TPSA) is 72.7 Å². The van der Waals surface area contributed by atoms with Crippen LogP contribution in [-0.4, -0.2) is 27.2 Å². The number of hydrogen-bond acceptors (Lipinski definition) is 4. The van der Waals surface area contributed by atoms with E-state index in [4.69, 9.17) is 15.4 Å². The minimum Gasteiger partial charge on any atom is -0.389 e. The van der Waals surface area contributed by atoms with Gasteiger partial charge in [-0.15, -0.1) is 0 Å². The first-order valence-electron chi connectivity index (χ1n) is 2.86. The van der Waals surface area contributed by atoms with Gasteiger partial charge in [-0.05, 0) is 13.3 Å². The van der Waals surface area contributed by atoms with Crippen LogP contribution in [0.1, 0.15) is 20.3 Å². The van der Waals surface area contributed by atoms with Crippen LogP contribution in [0.5, 0.6) is 0 Å². The van der Waals surface area contributed by atoms with Crippen molar-refractivity contribution >= 4 is 0 Å². The summed E-state index contributed by atoms with van der Waals surface area (Å²) in [5.74, 6) is 0. The van der Waals surface area contributed by atoms with Crippen LogP contribution in [0.15, 0.2) is 0 Å². The van der Waals surface area contributed by atoms with Gasteiger partial charge in [0.15, 0.2) is 5.72 Å². The predicted octanol–water partition coefficient (Wildman–Crippen LogP) is -0.555. The smallest absolute Gasteiger partial charge is 0.160 e. The highest BCUT2D eigenvalue weighted by Crippen LogP contribution is 2.06. The zero-order chi connectivity index (χ0) is 7.49. The Morgan fingerprint density at radius 1 is 1.67 bits per heavy atom. The molecule has 0 spiro atoms. The number of hydrogen-bond donors (Lipinski definition) is 4. The van der Waals surface area contributed by atoms with Crippen molar-refractivity contribution in [2.24, 2.45) is 0 Å². The summed E-state index contributed by atoms with van der Waals surface area (Å²) < 4.78 is 0. The van der Waals surface area contributed by atoms with E-state index in [0.717, 1.165) is 0 Å². The molecule has 0 fully saturated rings. The SMILES string of the molecule is CCC(O)C(C)(O)NO. The van der Waals surface area contributed by atoms with Crippen molar-refractivity contribution in [1.29, 1.82) is 0 Å². The maximum Gasteiger partial charge on any atom is 0.160 e. The minimum atomic E-state index is -1.59. The number of nitrogens with one attached hydrogen (secondary N) is 1. The van der Waals surface area contributed by atoms with Gasteiger partial charge in [0.1, 0.15) is 0 Å². The normalized spacial score (nSPS) is 21.0. The van der Waals surface area contributed by atoms with Crippen LogP contribution in [0.25, 0.3) is 0 Å². The van der Waals surface area contributed by atoms with E-state index in [1.807, 2.05) is 0 Å². The van der Waals surface area contributed by atoms with Gasteiger partial charge >= 0.3 is 0 Å². The molecule has 0 aromatic carbocycles. The third-order valence-corrected chi connectivity index (χ3v) is 1.26. The lowest BCUT2D eigenvalue weighted by molar-refractivity contribution is -0.149. The first-order valence-corrected chi connectivity index (χ1v) is 2.86. The first kappa shape index (κ1) is 8.84. The minimum absolute atomic E-state index is 0.389. The average molecular weight is 135 g/mol. The summed E-state index contributed by atoms with van der Waals surface area (Å²) in [5.41, 5.74) is 0.00900. The molecule has 4 N–H and O–H groups in total. The summed E-state index contributed by atoms with van der Waals surface area (Å²) in [6, 6.07) is 0. The van der Waals surface area contributed by atoms with Crippen molar-refractivity contribution in [2.75, 3.05) is 0 Å². The monoisotopic (exact) mass is 135 g/mol. The Hall–Kier alpha value is -0.160. The van der Waals surface area contributed by atoms with Gasteiger partial charge in [0, 0.05) is 0 Å². The van der Waals surface area contributed by atoms with Gasteiger partial charge in [-0.2, -0.15) is 5.48 Å². The molecular formula is C5H13NO3. The van der Waals surface area contributed by atoms with E-state index in [2.05, 4.69) is 0 Å². The molecule has 0 bridgehead atoms. The lowest BCUT2D eigenvalue weighted by Gasteiger charge is -2.25. The van der Waals surface area contributed by atoms with Crippen molar-refractivity contribution in [2.45, 2.75) is 32.1 Å². The highest BCUT2D eigenvalue weighted by molar-refractivity contribution is 4.73. The summed E-state index contributed by atoms with van der Waals surface area (Å²) in [7, 11) is 0. The van der Waals surface area contributed by atoms with Gasteiger partial charge in [-0.25, -0.2) is 0 Å². The maximum absolute atomic E-state index is 8.98. The quantitative estimate of drug-likeness (QED) is 0.309. The van der Waals surface area contributed by atoms with Crippen LogP contribution in [0, 0.1) is 0 Å². The van der Waals surface area contributed by atoms with Gasteiger partial charge in [-0.3, -0.25) is 0 Å². The number of hydroxylamine groups is 1. The molecule has 56 valence electrons. The molecule has 0 aliphatic carbocycles. The first-order chi connectivity index (χ1) is 4.04. The van der Waals surface area contributed by atoms with Gasteiger partial charge in [0.2, 0.25) is 0 Å². The van der Waals surface area contributed by atoms with E-state index in [1.165, 1.54) is 6.92 Å². The van der Waals surface area contributed by atoms with Crippen molar-refractivity contribution in [3.63, 3.8) is 0 Å². The molecule has 0 aromatic rings. The summed E-state index contributed by atoms with van der Waals surface area (Å²) >= 11 is 0. The molecule has 0 saturated carbocycles. The largest absolute Gasteiger partial charge is 0.389 e. The second-order valence-corrected chi connectivity index (χ2v) is 2.18. The van der Waals surface area contributed by atoms with Gasteiger partial charge in [-0.1, -0.05) is 6.92 Å². The second kappa shape index (κ2) is 3.12. The van der Waals surface area contributed by atoms with Gasteiger partial charge < -0.3 is 15.4 Å². The molecular weight excluding hydrogens is 122 g/mol. The molecule has 4 nitrogen and oxygen atoms in total. The maximum atomic E-state index is 8.98. The number of rotatable bonds is 3. The van der Waals surface area contributed by atoms with E-state index in [-0.39, 0.29) is 0 Å². The average Bonchev–Trinajstić information content (AvgIpc) is 1.86. The Morgan fingerprint density at radius 2 is 2.11 bits per heavy atom. The van der Waals surface area contributed by atoms with Crippen molar-refractivity contribution in [1.82, 2.24) is 5.48 Å². The molecule has 2 atom stereocenters. The van der Waals surface area contributed by atoms with E-state index in [0.29, 0.717) is 6.42 Å². The standard InChI is InChI=1S/C5H13NO3/c1-3-4(7)5(2,8)6-9/h4,6-9H,3H2,1-2H3. The van der Waals surface area contributed by atoms with E-state index >= 15 is 0 Å². The van der Waals surface area contributed by atoms with Gasteiger partial charge in [0.05, 0.1) is 6.10 Å². The zero-order valence-corrected chi connectivity index (χ0v) is 5.63. The van der Waals surface area contributed by atoms with E-state index in [9.17, 15) is 0 Å². The Balaban J connectivity index is 3.80. The zero-order valence-electron chi connectivity index (χ0n) is 5.63. The van der Waals surface area contributed by atoms with E-state index < -0.39 is 11.8 Å². The third kappa shape index (κ3) is 2.28. The predicted molar refractivity (Wildman–Crippen MR) is 31.8 cm³/mol. The van der Waals surface area contributed by atoms with Crippen LogP contribution in [0.3, 0.4) is 0 Å². The molecule has 9 heavy (non-hydrogen) atoms. The van der Waals surface area contributed by atoms with Crippen molar-refractivity contribution in [3.05, 3.63) is 0 Å². The summed E-state index contributed by atoms with van der Waals surface area (Å²) in [5, 5.41) is 26.1. The molecule has 0 aromatic heterocycles. The lowest BCUT2D eigenvalue weighted by atomic mass is 10.1. The molecule has 2 unspecified atom stereocenters. The molecule has 0 aliphatic rings. The van der Waals surface area contributed by atoms with Crippen LogP contribution in [0.2, 0.25) is 0 Å². The molecule has 0 radical (unpaired) electrons. The summed E-state index contributed by atoms with van der Waals surface area (Å²) in [4.78, 5) is 0. The highest BCUT2D eigenvalue weighted by Gasteiger charge is 2.27. The molecule has 0 aliphatic heterocycles. The van der Waals surface area contributed by atoms with Crippen LogP contribution in [-0.2, 0) is 0 Å². The number of aliphatic hydroxyl groups excluding tert-OH is 1. The molecule has 0 heterocycles. The molecule has 0 amide bonds.